The summed E-state index contributed by atoms with van der Waals surface area (Å²) in [7, 11) is 1.62. The molecule has 2 heterocycles. The Labute approximate surface area is 157 Å². The van der Waals surface area contributed by atoms with Crippen LogP contribution in [0, 0.1) is 0 Å². The third-order valence-electron chi connectivity index (χ3n) is 4.58. The minimum atomic E-state index is -0.123. The van der Waals surface area contributed by atoms with Crippen LogP contribution in [0.3, 0.4) is 0 Å². The summed E-state index contributed by atoms with van der Waals surface area (Å²) in [5.74, 6) is 1.20. The van der Waals surface area contributed by atoms with Crippen molar-refractivity contribution in [3.63, 3.8) is 0 Å². The number of nitrogens with zero attached hydrogens (tertiary/aromatic N) is 3. The van der Waals surface area contributed by atoms with Gasteiger partial charge in [0.2, 0.25) is 0 Å². The second-order valence-corrected chi connectivity index (χ2v) is 6.35. The number of carbonyl (C=O) groups excluding carboxylic acids is 1. The first-order valence-electron chi connectivity index (χ1n) is 8.89. The molecular formula is C21H20N4O2. The lowest BCUT2D eigenvalue weighted by atomic mass is 10.0. The first-order chi connectivity index (χ1) is 13.2. The highest BCUT2D eigenvalue weighted by Gasteiger charge is 2.24. The molecule has 0 radical (unpaired) electrons. The quantitative estimate of drug-likeness (QED) is 0.766. The Kier molecular flexibility index (Phi) is 4.70. The Morgan fingerprint density at radius 2 is 1.96 bits per heavy atom. The molecule has 6 heteroatoms. The molecule has 3 aromatic rings. The smallest absolute Gasteiger partial charge is 0.278 e. The van der Waals surface area contributed by atoms with Gasteiger partial charge in [-0.05, 0) is 48.7 Å². The zero-order valence-corrected chi connectivity index (χ0v) is 15.1. The van der Waals surface area contributed by atoms with Gasteiger partial charge in [0.15, 0.2) is 11.5 Å². The summed E-state index contributed by atoms with van der Waals surface area (Å²) in [5, 5.41) is 11.4. The molecule has 1 N–H and O–H groups in total. The zero-order chi connectivity index (χ0) is 18.6. The van der Waals surface area contributed by atoms with Crippen molar-refractivity contribution in [2.24, 2.45) is 0 Å². The number of hydrogen-bond acceptors (Lipinski definition) is 5. The van der Waals surface area contributed by atoms with E-state index in [1.165, 1.54) is 5.56 Å². The molecule has 0 saturated carbocycles. The highest BCUT2D eigenvalue weighted by atomic mass is 16.5. The Hall–Kier alpha value is -3.41. The molecule has 0 saturated heterocycles. The molecule has 0 aliphatic carbocycles. The van der Waals surface area contributed by atoms with Gasteiger partial charge in [0.1, 0.15) is 5.75 Å². The van der Waals surface area contributed by atoms with Gasteiger partial charge in [0.25, 0.3) is 5.91 Å². The van der Waals surface area contributed by atoms with Crippen LogP contribution >= 0.6 is 0 Å². The van der Waals surface area contributed by atoms with Crippen molar-refractivity contribution in [3.05, 3.63) is 71.9 Å². The van der Waals surface area contributed by atoms with Crippen LogP contribution in [0.4, 0.5) is 17.2 Å². The van der Waals surface area contributed by atoms with E-state index in [0.717, 1.165) is 30.0 Å². The molecule has 0 fully saturated rings. The number of anilines is 3. The zero-order valence-electron chi connectivity index (χ0n) is 15.1. The molecule has 0 unspecified atom stereocenters. The number of amides is 1. The Morgan fingerprint density at radius 1 is 1.07 bits per heavy atom. The summed E-state index contributed by atoms with van der Waals surface area (Å²) in [6.45, 7) is 0.696. The van der Waals surface area contributed by atoms with Crippen LogP contribution in [0.15, 0.2) is 60.7 Å². The van der Waals surface area contributed by atoms with E-state index in [-0.39, 0.29) is 5.91 Å². The molecule has 1 amide bonds. The van der Waals surface area contributed by atoms with Crippen molar-refractivity contribution < 1.29 is 9.53 Å². The maximum absolute atomic E-state index is 12.9. The fourth-order valence-electron chi connectivity index (χ4n) is 3.24. The predicted octanol–water partition coefficient (Wildman–Crippen LogP) is 3.82. The average molecular weight is 360 g/mol. The van der Waals surface area contributed by atoms with Crippen LogP contribution in [0.2, 0.25) is 0 Å². The molecule has 1 aliphatic rings. The molecule has 0 bridgehead atoms. The molecule has 1 aromatic heterocycles. The number of aromatic nitrogens is 2. The second kappa shape index (κ2) is 7.45. The summed E-state index contributed by atoms with van der Waals surface area (Å²) in [6, 6.07) is 19.0. The summed E-state index contributed by atoms with van der Waals surface area (Å²) in [5.41, 5.74) is 3.34. The van der Waals surface area contributed by atoms with Crippen LogP contribution in [-0.4, -0.2) is 29.8 Å². The monoisotopic (exact) mass is 360 g/mol. The number of carbonyl (C=O) groups is 1. The van der Waals surface area contributed by atoms with E-state index in [4.69, 9.17) is 4.74 Å². The van der Waals surface area contributed by atoms with E-state index >= 15 is 0 Å². The van der Waals surface area contributed by atoms with Gasteiger partial charge in [-0.25, -0.2) is 0 Å². The number of methoxy groups -OCH3 is 1. The number of fused-ring (bicyclic) bond motifs is 1. The first-order valence-corrected chi connectivity index (χ1v) is 8.89. The predicted molar refractivity (Wildman–Crippen MR) is 105 cm³/mol. The number of nitrogens with one attached hydrogen (secondary N) is 1. The second-order valence-electron chi connectivity index (χ2n) is 6.35. The molecular weight excluding hydrogens is 340 g/mol. The normalized spacial score (nSPS) is 13.0. The summed E-state index contributed by atoms with van der Waals surface area (Å²) in [4.78, 5) is 14.7. The van der Waals surface area contributed by atoms with Gasteiger partial charge >= 0.3 is 0 Å². The van der Waals surface area contributed by atoms with Crippen LogP contribution in [0.25, 0.3) is 0 Å². The number of benzene rings is 2. The van der Waals surface area contributed by atoms with Crippen molar-refractivity contribution in [1.29, 1.82) is 0 Å². The molecule has 0 spiro atoms. The number of para-hydroxylation sites is 1. The van der Waals surface area contributed by atoms with Crippen molar-refractivity contribution in [2.75, 3.05) is 23.9 Å². The van der Waals surface area contributed by atoms with Crippen molar-refractivity contribution >= 4 is 23.1 Å². The van der Waals surface area contributed by atoms with E-state index in [1.807, 2.05) is 42.5 Å². The third kappa shape index (κ3) is 3.60. The maximum Gasteiger partial charge on any atom is 0.278 e. The molecule has 1 aliphatic heterocycles. The van der Waals surface area contributed by atoms with Crippen LogP contribution in [-0.2, 0) is 6.42 Å². The molecule has 4 rings (SSSR count). The minimum absolute atomic E-state index is 0.123. The Balaban J connectivity index is 1.51. The van der Waals surface area contributed by atoms with Gasteiger partial charge < -0.3 is 15.0 Å². The Morgan fingerprint density at radius 3 is 2.78 bits per heavy atom. The number of rotatable bonds is 4. The van der Waals surface area contributed by atoms with E-state index < -0.39 is 0 Å². The van der Waals surface area contributed by atoms with E-state index in [9.17, 15) is 4.79 Å². The van der Waals surface area contributed by atoms with Crippen LogP contribution in [0.1, 0.15) is 22.5 Å². The maximum atomic E-state index is 12.9. The van der Waals surface area contributed by atoms with Gasteiger partial charge in [-0.1, -0.05) is 24.3 Å². The Bertz CT molecular complexity index is 956. The molecule has 6 nitrogen and oxygen atoms in total. The van der Waals surface area contributed by atoms with Gasteiger partial charge in [0, 0.05) is 24.0 Å². The summed E-state index contributed by atoms with van der Waals surface area (Å²) in [6.07, 6.45) is 1.95. The fraction of sp³-hybridized carbons (Fsp3) is 0.190. The van der Waals surface area contributed by atoms with Crippen molar-refractivity contribution in [3.8, 4) is 5.75 Å². The lowest BCUT2D eigenvalue weighted by molar-refractivity contribution is 0.0979. The topological polar surface area (TPSA) is 67.3 Å². The molecule has 0 atom stereocenters. The van der Waals surface area contributed by atoms with Crippen molar-refractivity contribution in [2.45, 2.75) is 12.8 Å². The minimum Gasteiger partial charge on any atom is -0.497 e. The van der Waals surface area contributed by atoms with Gasteiger partial charge in [-0.3, -0.25) is 4.79 Å². The average Bonchev–Trinajstić information content (AvgIpc) is 2.73. The standard InChI is InChI=1S/C21H20N4O2/c1-27-17-9-4-8-16(14-17)22-20-12-11-18(23-24-20)21(26)25-13-5-7-15-6-2-3-10-19(15)25/h2-4,6,8-12,14H,5,7,13H2,1H3,(H,22,24). The summed E-state index contributed by atoms with van der Waals surface area (Å²) >= 11 is 0. The SMILES string of the molecule is COc1cccc(Nc2ccc(C(=O)N3CCCc4ccccc43)nn2)c1. The summed E-state index contributed by atoms with van der Waals surface area (Å²) < 4.78 is 5.21. The number of aryl methyl sites for hydroxylation is 1. The van der Waals surface area contributed by atoms with Gasteiger partial charge in [-0.15, -0.1) is 10.2 Å². The highest BCUT2D eigenvalue weighted by molar-refractivity contribution is 6.05. The van der Waals surface area contributed by atoms with E-state index in [2.05, 4.69) is 21.6 Å². The number of ether oxygens (including phenoxy) is 1. The van der Waals surface area contributed by atoms with Crippen LogP contribution in [0.5, 0.6) is 5.75 Å². The fourth-order valence-corrected chi connectivity index (χ4v) is 3.24. The lowest BCUT2D eigenvalue weighted by Gasteiger charge is -2.29. The van der Waals surface area contributed by atoms with Gasteiger partial charge in [0.05, 0.1) is 7.11 Å². The van der Waals surface area contributed by atoms with E-state index in [0.29, 0.717) is 18.1 Å². The van der Waals surface area contributed by atoms with E-state index in [1.54, 1.807) is 24.1 Å². The first kappa shape index (κ1) is 17.0. The van der Waals surface area contributed by atoms with Crippen LogP contribution < -0.4 is 15.0 Å². The highest BCUT2D eigenvalue weighted by Crippen LogP contribution is 2.28. The van der Waals surface area contributed by atoms with Gasteiger partial charge in [-0.2, -0.15) is 0 Å². The number of hydrogen-bond donors (Lipinski definition) is 1. The van der Waals surface area contributed by atoms with Crippen molar-refractivity contribution in [1.82, 2.24) is 10.2 Å². The molecule has 136 valence electrons. The molecule has 2 aromatic carbocycles. The largest absolute Gasteiger partial charge is 0.497 e. The third-order valence-corrected chi connectivity index (χ3v) is 4.58. The lowest BCUT2D eigenvalue weighted by Crippen LogP contribution is -2.36. The molecule has 27 heavy (non-hydrogen) atoms.